The molecule has 2 N–H and O–H groups in total. The number of fused-ring (bicyclic) bond motifs is 1. The molecule has 0 radical (unpaired) electrons. The first-order valence-electron chi connectivity index (χ1n) is 8.86. The van der Waals surface area contributed by atoms with Crippen LogP contribution in [0.25, 0.3) is 10.9 Å². The van der Waals surface area contributed by atoms with Gasteiger partial charge < -0.3 is 4.98 Å². The summed E-state index contributed by atoms with van der Waals surface area (Å²) in [5.41, 5.74) is 2.89. The third-order valence-electron chi connectivity index (χ3n) is 4.76. The molecule has 0 unspecified atom stereocenters. The van der Waals surface area contributed by atoms with Crippen LogP contribution in [0.2, 0.25) is 10.0 Å². The predicted molar refractivity (Wildman–Crippen MR) is 116 cm³/mol. The second-order valence-corrected chi connectivity index (χ2v) is 9.14. The molecule has 0 bridgehead atoms. The lowest BCUT2D eigenvalue weighted by atomic mass is 9.92. The molecule has 2 aromatic heterocycles. The number of hydrogen-bond donors (Lipinski definition) is 2. The zero-order valence-corrected chi connectivity index (χ0v) is 17.5. The topological polar surface area (TPSA) is 74.8 Å². The van der Waals surface area contributed by atoms with Crippen LogP contribution in [0, 0.1) is 0 Å². The molecule has 148 valence electrons. The lowest BCUT2D eigenvalue weighted by molar-refractivity contribution is 0.577. The van der Waals surface area contributed by atoms with Gasteiger partial charge in [0.2, 0.25) is 10.0 Å². The van der Waals surface area contributed by atoms with Gasteiger partial charge in [-0.15, -0.1) is 0 Å². The SMILES string of the molecule is O=S(=O)(NC[C@H](c1cccnc1)c1c[nH]c2ccccc12)c1ccc(Cl)c(Cl)c1. The second-order valence-electron chi connectivity index (χ2n) is 6.56. The summed E-state index contributed by atoms with van der Waals surface area (Å²) in [6.07, 6.45) is 5.35. The van der Waals surface area contributed by atoms with Crippen LogP contribution in [0.1, 0.15) is 17.0 Å². The average Bonchev–Trinajstić information content (AvgIpc) is 3.15. The van der Waals surface area contributed by atoms with Crippen LogP contribution in [-0.2, 0) is 10.0 Å². The fourth-order valence-corrected chi connectivity index (χ4v) is 4.73. The molecule has 0 aliphatic carbocycles. The van der Waals surface area contributed by atoms with E-state index in [1.165, 1.54) is 18.2 Å². The van der Waals surface area contributed by atoms with E-state index in [4.69, 9.17) is 23.2 Å². The minimum Gasteiger partial charge on any atom is -0.361 e. The largest absolute Gasteiger partial charge is 0.361 e. The number of para-hydroxylation sites is 1. The van der Waals surface area contributed by atoms with Crippen LogP contribution in [0.4, 0.5) is 0 Å². The van der Waals surface area contributed by atoms with E-state index in [2.05, 4.69) is 14.7 Å². The fourth-order valence-electron chi connectivity index (χ4n) is 3.29. The minimum atomic E-state index is -3.77. The van der Waals surface area contributed by atoms with E-state index in [0.717, 1.165) is 22.0 Å². The molecular formula is C21H17Cl2N3O2S. The van der Waals surface area contributed by atoms with Gasteiger partial charge in [0.15, 0.2) is 0 Å². The van der Waals surface area contributed by atoms with Gasteiger partial charge in [-0.3, -0.25) is 4.98 Å². The summed E-state index contributed by atoms with van der Waals surface area (Å²) in [5.74, 6) is -0.225. The molecule has 8 heteroatoms. The maximum atomic E-state index is 12.8. The monoisotopic (exact) mass is 445 g/mol. The summed E-state index contributed by atoms with van der Waals surface area (Å²) in [6, 6.07) is 15.9. The zero-order chi connectivity index (χ0) is 20.4. The van der Waals surface area contributed by atoms with Crippen LogP contribution >= 0.6 is 23.2 Å². The number of aromatic nitrogens is 2. The summed E-state index contributed by atoms with van der Waals surface area (Å²) in [4.78, 5) is 7.52. The average molecular weight is 446 g/mol. The highest BCUT2D eigenvalue weighted by Gasteiger charge is 2.22. The Morgan fingerprint density at radius 3 is 2.62 bits per heavy atom. The van der Waals surface area contributed by atoms with Crippen molar-refractivity contribution in [2.45, 2.75) is 10.8 Å². The number of H-pyrrole nitrogens is 1. The van der Waals surface area contributed by atoms with E-state index in [0.29, 0.717) is 5.02 Å². The van der Waals surface area contributed by atoms with E-state index >= 15 is 0 Å². The first kappa shape index (κ1) is 19.9. The number of benzene rings is 2. The number of nitrogens with one attached hydrogen (secondary N) is 2. The van der Waals surface area contributed by atoms with Crippen LogP contribution in [0.5, 0.6) is 0 Å². The van der Waals surface area contributed by atoms with E-state index in [1.54, 1.807) is 12.4 Å². The van der Waals surface area contributed by atoms with Gasteiger partial charge in [-0.1, -0.05) is 47.5 Å². The van der Waals surface area contributed by atoms with Crippen molar-refractivity contribution in [1.82, 2.24) is 14.7 Å². The standard InChI is InChI=1S/C21H17Cl2N3O2S/c22-19-8-7-15(10-20(19)23)29(27,28)26-13-17(14-4-3-9-24-11-14)18-12-25-21-6-2-1-5-16(18)21/h1-12,17,25-26H,13H2/t17-/m1/s1. The molecule has 0 amide bonds. The molecule has 4 aromatic rings. The summed E-state index contributed by atoms with van der Waals surface area (Å²) in [6.45, 7) is 0.163. The van der Waals surface area contributed by atoms with Crippen molar-refractivity contribution in [1.29, 1.82) is 0 Å². The maximum absolute atomic E-state index is 12.8. The van der Waals surface area contributed by atoms with Gasteiger partial charge in [0.1, 0.15) is 0 Å². The van der Waals surface area contributed by atoms with Crippen molar-refractivity contribution in [3.63, 3.8) is 0 Å². The molecule has 0 saturated carbocycles. The van der Waals surface area contributed by atoms with Gasteiger partial charge in [-0.2, -0.15) is 0 Å². The van der Waals surface area contributed by atoms with Gasteiger partial charge in [0, 0.05) is 42.0 Å². The number of rotatable bonds is 6. The first-order chi connectivity index (χ1) is 14.0. The quantitative estimate of drug-likeness (QED) is 0.439. The Balaban J connectivity index is 1.69. The molecule has 2 heterocycles. The second kappa shape index (κ2) is 8.16. The number of nitrogens with zero attached hydrogens (tertiary/aromatic N) is 1. The molecule has 5 nitrogen and oxygen atoms in total. The number of halogens is 2. The van der Waals surface area contributed by atoms with Crippen molar-refractivity contribution in [2.24, 2.45) is 0 Å². The van der Waals surface area contributed by atoms with Crippen molar-refractivity contribution in [2.75, 3.05) is 6.54 Å². The maximum Gasteiger partial charge on any atom is 0.240 e. The molecule has 29 heavy (non-hydrogen) atoms. The van der Waals surface area contributed by atoms with Gasteiger partial charge in [0.05, 0.1) is 14.9 Å². The van der Waals surface area contributed by atoms with Crippen molar-refractivity contribution >= 4 is 44.1 Å². The third kappa shape index (κ3) is 4.16. The van der Waals surface area contributed by atoms with Crippen LogP contribution in [0.15, 0.2) is 78.1 Å². The number of hydrogen-bond acceptors (Lipinski definition) is 3. The van der Waals surface area contributed by atoms with Crippen molar-refractivity contribution < 1.29 is 8.42 Å². The molecule has 0 spiro atoms. The number of aromatic amines is 1. The molecular weight excluding hydrogens is 429 g/mol. The highest BCUT2D eigenvalue weighted by molar-refractivity contribution is 7.89. The van der Waals surface area contributed by atoms with Gasteiger partial charge in [-0.05, 0) is 41.5 Å². The summed E-state index contributed by atoms with van der Waals surface area (Å²) in [7, 11) is -3.77. The molecule has 0 aliphatic rings. The van der Waals surface area contributed by atoms with Gasteiger partial charge in [0.25, 0.3) is 0 Å². The Morgan fingerprint density at radius 2 is 1.86 bits per heavy atom. The Kier molecular flexibility index (Phi) is 5.61. The fraction of sp³-hybridized carbons (Fsp3) is 0.0952. The van der Waals surface area contributed by atoms with E-state index in [-0.39, 0.29) is 22.4 Å². The van der Waals surface area contributed by atoms with Crippen molar-refractivity contribution in [3.8, 4) is 0 Å². The smallest absolute Gasteiger partial charge is 0.240 e. The third-order valence-corrected chi connectivity index (χ3v) is 6.92. The zero-order valence-electron chi connectivity index (χ0n) is 15.1. The van der Waals surface area contributed by atoms with Gasteiger partial charge >= 0.3 is 0 Å². The van der Waals surface area contributed by atoms with Crippen molar-refractivity contribution in [3.05, 3.63) is 94.4 Å². The number of pyridine rings is 1. The molecule has 0 fully saturated rings. The lowest BCUT2D eigenvalue weighted by Crippen LogP contribution is -2.29. The predicted octanol–water partition coefficient (Wildman–Crippen LogP) is 4.98. The molecule has 0 saturated heterocycles. The first-order valence-corrected chi connectivity index (χ1v) is 11.1. The van der Waals surface area contributed by atoms with Gasteiger partial charge in [-0.25, -0.2) is 13.1 Å². The molecule has 4 rings (SSSR count). The molecule has 0 aliphatic heterocycles. The highest BCUT2D eigenvalue weighted by atomic mass is 35.5. The lowest BCUT2D eigenvalue weighted by Gasteiger charge is -2.18. The van der Waals surface area contributed by atoms with E-state index in [9.17, 15) is 8.42 Å². The van der Waals surface area contributed by atoms with E-state index in [1.807, 2.05) is 42.6 Å². The Hall–Kier alpha value is -2.38. The molecule has 2 aromatic carbocycles. The summed E-state index contributed by atoms with van der Waals surface area (Å²) in [5, 5.41) is 1.53. The summed E-state index contributed by atoms with van der Waals surface area (Å²) < 4.78 is 28.4. The Morgan fingerprint density at radius 1 is 1.03 bits per heavy atom. The number of sulfonamides is 1. The molecule has 1 atom stereocenters. The normalized spacial score (nSPS) is 12.9. The minimum absolute atomic E-state index is 0.0655. The van der Waals surface area contributed by atoms with Crippen LogP contribution < -0.4 is 4.72 Å². The highest BCUT2D eigenvalue weighted by Crippen LogP contribution is 2.31. The Labute approximate surface area is 178 Å². The summed E-state index contributed by atoms with van der Waals surface area (Å²) >= 11 is 11.9. The van der Waals surface area contributed by atoms with Crippen LogP contribution in [-0.4, -0.2) is 24.9 Å². The van der Waals surface area contributed by atoms with Crippen LogP contribution in [0.3, 0.4) is 0 Å². The van der Waals surface area contributed by atoms with E-state index < -0.39 is 10.0 Å². The Bertz CT molecular complexity index is 1260.